The van der Waals surface area contributed by atoms with Gasteiger partial charge in [0.1, 0.15) is 6.61 Å². The van der Waals surface area contributed by atoms with Crippen LogP contribution in [0.3, 0.4) is 0 Å². The molecular weight excluding hydrogens is 461 g/mol. The minimum Gasteiger partial charge on any atom is -0.457 e. The van der Waals surface area contributed by atoms with Crippen molar-refractivity contribution in [3.05, 3.63) is 99.0 Å². The number of para-hydroxylation sites is 1. The summed E-state index contributed by atoms with van der Waals surface area (Å²) in [5.74, 6) is -1.43. The minimum absolute atomic E-state index is 0.0170. The fraction of sp³-hybridized carbons (Fsp3) is 0.130. The normalized spacial score (nSPS) is 11.5. The number of anilines is 1. The molecule has 0 aliphatic heterocycles. The Hall–Kier alpha value is -2.73. The quantitative estimate of drug-likeness (QED) is 0.322. The van der Waals surface area contributed by atoms with Crippen LogP contribution in [0.2, 0.25) is 15.1 Å². The lowest BCUT2D eigenvalue weighted by Gasteiger charge is -2.20. The highest BCUT2D eigenvalue weighted by Gasteiger charge is 2.26. The number of rotatable bonds is 8. The van der Waals surface area contributed by atoms with Crippen molar-refractivity contribution in [1.82, 2.24) is 0 Å². The number of carbonyl (C=O) groups is 2. The summed E-state index contributed by atoms with van der Waals surface area (Å²) in [4.78, 5) is 25.2. The summed E-state index contributed by atoms with van der Waals surface area (Å²) >= 11 is 18.3. The Kier molecular flexibility index (Phi) is 8.18. The smallest absolute Gasteiger partial charge is 0.369 e. The van der Waals surface area contributed by atoms with E-state index in [0.717, 1.165) is 5.56 Å². The summed E-state index contributed by atoms with van der Waals surface area (Å²) in [5.41, 5.74) is 1.68. The highest BCUT2D eigenvalue weighted by molar-refractivity contribution is 6.39. The van der Waals surface area contributed by atoms with Crippen LogP contribution in [0.15, 0.2) is 72.8 Å². The Morgan fingerprint density at radius 3 is 2.16 bits per heavy atom. The van der Waals surface area contributed by atoms with Gasteiger partial charge in [0, 0.05) is 5.02 Å². The Morgan fingerprint density at radius 2 is 1.48 bits per heavy atom. The van der Waals surface area contributed by atoms with Crippen molar-refractivity contribution in [3.63, 3.8) is 0 Å². The molecule has 0 heterocycles. The molecule has 1 N–H and O–H groups in total. The molecule has 160 valence electrons. The van der Waals surface area contributed by atoms with Crippen LogP contribution in [0.25, 0.3) is 0 Å². The fourth-order valence-corrected chi connectivity index (χ4v) is 3.42. The number of ether oxygens (including phenoxy) is 2. The Labute approximate surface area is 194 Å². The van der Waals surface area contributed by atoms with Crippen LogP contribution in [-0.4, -0.2) is 18.2 Å². The summed E-state index contributed by atoms with van der Waals surface area (Å²) < 4.78 is 10.7. The minimum atomic E-state index is -1.45. The summed E-state index contributed by atoms with van der Waals surface area (Å²) in [6, 6.07) is 20.7. The molecule has 0 fully saturated rings. The molecule has 3 aromatic rings. The van der Waals surface area contributed by atoms with E-state index in [4.69, 9.17) is 44.3 Å². The summed E-state index contributed by atoms with van der Waals surface area (Å²) in [6.45, 7) is -0.0515. The molecule has 0 aliphatic rings. The number of halogens is 3. The Bertz CT molecular complexity index is 1040. The molecule has 3 aromatic carbocycles. The zero-order valence-electron chi connectivity index (χ0n) is 16.2. The standard InChI is InChI=1S/C23H18Cl3NO4/c24-17-9-4-8-16(12-17)14-30-23(29)22(27-21-18(25)10-5-11-19(21)26)31-20(28)13-15-6-2-1-3-7-15/h1-12,22,27H,13-14H2. The number of carbonyl (C=O) groups excluding carboxylic acids is 2. The maximum atomic E-state index is 12.7. The molecule has 0 aromatic heterocycles. The summed E-state index contributed by atoms with van der Waals surface area (Å²) in [7, 11) is 0. The average Bonchev–Trinajstić information content (AvgIpc) is 2.74. The summed E-state index contributed by atoms with van der Waals surface area (Å²) in [6.07, 6.45) is -1.47. The lowest BCUT2D eigenvalue weighted by molar-refractivity contribution is -0.166. The molecule has 0 saturated carbocycles. The molecule has 31 heavy (non-hydrogen) atoms. The lowest BCUT2D eigenvalue weighted by Crippen LogP contribution is -2.36. The highest BCUT2D eigenvalue weighted by atomic mass is 35.5. The van der Waals surface area contributed by atoms with Crippen molar-refractivity contribution < 1.29 is 19.1 Å². The first-order valence-corrected chi connectivity index (χ1v) is 10.4. The van der Waals surface area contributed by atoms with Gasteiger partial charge in [-0.3, -0.25) is 4.79 Å². The van der Waals surface area contributed by atoms with Crippen LogP contribution in [0.1, 0.15) is 11.1 Å². The van der Waals surface area contributed by atoms with Crippen molar-refractivity contribution in [2.24, 2.45) is 0 Å². The van der Waals surface area contributed by atoms with Gasteiger partial charge in [-0.1, -0.05) is 83.3 Å². The molecule has 0 spiro atoms. The van der Waals surface area contributed by atoms with Crippen molar-refractivity contribution in [2.45, 2.75) is 19.3 Å². The maximum absolute atomic E-state index is 12.7. The SMILES string of the molecule is O=C(Cc1ccccc1)OC(Nc1c(Cl)cccc1Cl)C(=O)OCc1cccc(Cl)c1. The van der Waals surface area contributed by atoms with E-state index in [2.05, 4.69) is 5.32 Å². The van der Waals surface area contributed by atoms with Gasteiger partial charge in [0.25, 0.3) is 6.23 Å². The van der Waals surface area contributed by atoms with Gasteiger partial charge in [0.05, 0.1) is 22.2 Å². The van der Waals surface area contributed by atoms with Crippen LogP contribution in [0, 0.1) is 0 Å². The van der Waals surface area contributed by atoms with Crippen molar-refractivity contribution in [3.8, 4) is 0 Å². The maximum Gasteiger partial charge on any atom is 0.369 e. The Balaban J connectivity index is 1.74. The second-order valence-electron chi connectivity index (χ2n) is 6.51. The van der Waals surface area contributed by atoms with Crippen molar-refractivity contribution >= 4 is 52.4 Å². The molecule has 0 radical (unpaired) electrons. The molecular formula is C23H18Cl3NO4. The van der Waals surface area contributed by atoms with Gasteiger partial charge in [0.15, 0.2) is 0 Å². The molecule has 5 nitrogen and oxygen atoms in total. The largest absolute Gasteiger partial charge is 0.457 e. The number of esters is 2. The van der Waals surface area contributed by atoms with Crippen LogP contribution in [0.4, 0.5) is 5.69 Å². The molecule has 0 amide bonds. The second kappa shape index (κ2) is 11.0. The number of nitrogens with one attached hydrogen (secondary N) is 1. The Morgan fingerprint density at radius 1 is 0.839 bits per heavy atom. The monoisotopic (exact) mass is 477 g/mol. The predicted molar refractivity (Wildman–Crippen MR) is 121 cm³/mol. The van der Waals surface area contributed by atoms with Crippen LogP contribution >= 0.6 is 34.8 Å². The number of hydrogen-bond donors (Lipinski definition) is 1. The first-order chi connectivity index (χ1) is 14.9. The lowest BCUT2D eigenvalue weighted by atomic mass is 10.2. The van der Waals surface area contributed by atoms with E-state index in [1.165, 1.54) is 0 Å². The molecule has 1 unspecified atom stereocenters. The second-order valence-corrected chi connectivity index (χ2v) is 7.76. The molecule has 0 aliphatic carbocycles. The number of benzene rings is 3. The first kappa shape index (κ1) is 22.9. The van der Waals surface area contributed by atoms with Gasteiger partial charge in [0.2, 0.25) is 0 Å². The summed E-state index contributed by atoms with van der Waals surface area (Å²) in [5, 5.41) is 3.81. The van der Waals surface area contributed by atoms with Gasteiger partial charge >= 0.3 is 11.9 Å². The first-order valence-electron chi connectivity index (χ1n) is 9.27. The van der Waals surface area contributed by atoms with Crippen molar-refractivity contribution in [1.29, 1.82) is 0 Å². The zero-order valence-corrected chi connectivity index (χ0v) is 18.5. The van der Waals surface area contributed by atoms with E-state index in [-0.39, 0.29) is 28.8 Å². The third-order valence-electron chi connectivity index (χ3n) is 4.16. The van der Waals surface area contributed by atoms with E-state index in [0.29, 0.717) is 10.6 Å². The fourth-order valence-electron chi connectivity index (χ4n) is 2.70. The highest BCUT2D eigenvalue weighted by Crippen LogP contribution is 2.30. The van der Waals surface area contributed by atoms with E-state index in [1.54, 1.807) is 66.7 Å². The van der Waals surface area contributed by atoms with Gasteiger partial charge in [-0.05, 0) is 35.4 Å². The van der Waals surface area contributed by atoms with Gasteiger partial charge < -0.3 is 14.8 Å². The molecule has 8 heteroatoms. The molecule has 0 saturated heterocycles. The van der Waals surface area contributed by atoms with Gasteiger partial charge in [-0.15, -0.1) is 0 Å². The molecule has 0 bridgehead atoms. The van der Waals surface area contributed by atoms with E-state index in [1.807, 2.05) is 6.07 Å². The van der Waals surface area contributed by atoms with E-state index in [9.17, 15) is 9.59 Å². The third kappa shape index (κ3) is 6.89. The van der Waals surface area contributed by atoms with Crippen LogP contribution in [0.5, 0.6) is 0 Å². The molecule has 3 rings (SSSR count). The van der Waals surface area contributed by atoms with Crippen LogP contribution < -0.4 is 5.32 Å². The molecule has 1 atom stereocenters. The predicted octanol–water partition coefficient (Wildman–Crippen LogP) is 5.91. The van der Waals surface area contributed by atoms with Crippen molar-refractivity contribution in [2.75, 3.05) is 5.32 Å². The third-order valence-corrected chi connectivity index (χ3v) is 5.03. The zero-order chi connectivity index (χ0) is 22.2. The van der Waals surface area contributed by atoms with Gasteiger partial charge in [-0.2, -0.15) is 0 Å². The number of hydrogen-bond acceptors (Lipinski definition) is 5. The average molecular weight is 479 g/mol. The van der Waals surface area contributed by atoms with Crippen LogP contribution in [-0.2, 0) is 32.1 Å². The van der Waals surface area contributed by atoms with Gasteiger partial charge in [-0.25, -0.2) is 4.79 Å². The topological polar surface area (TPSA) is 64.6 Å². The van der Waals surface area contributed by atoms with E-state index < -0.39 is 18.2 Å². The van der Waals surface area contributed by atoms with E-state index >= 15 is 0 Å².